The SMILES string of the molecule is CS(O)(NC1CCN(Cc2ccc(OC(F)(F)F)cc2)C1)c1cccc(C#N)c1. The van der Waals surface area contributed by atoms with E-state index in [1.54, 1.807) is 42.7 Å². The van der Waals surface area contributed by atoms with E-state index in [0.29, 0.717) is 23.5 Å². The lowest BCUT2D eigenvalue weighted by Gasteiger charge is -2.34. The van der Waals surface area contributed by atoms with Crippen molar-refractivity contribution < 1.29 is 22.5 Å². The van der Waals surface area contributed by atoms with Gasteiger partial charge >= 0.3 is 6.36 Å². The Morgan fingerprint density at radius 2 is 2.00 bits per heavy atom. The summed E-state index contributed by atoms with van der Waals surface area (Å²) in [4.78, 5) is 2.88. The largest absolute Gasteiger partial charge is 0.573 e. The summed E-state index contributed by atoms with van der Waals surface area (Å²) in [7, 11) is -2.25. The van der Waals surface area contributed by atoms with Crippen LogP contribution >= 0.6 is 10.5 Å². The van der Waals surface area contributed by atoms with E-state index in [9.17, 15) is 17.7 Å². The van der Waals surface area contributed by atoms with Gasteiger partial charge in [-0.05, 0) is 42.3 Å². The molecule has 0 saturated carbocycles. The number of ether oxygens (including phenoxy) is 1. The molecular formula is C20H22F3N3O2S. The number of nitrogens with one attached hydrogen (secondary N) is 1. The van der Waals surface area contributed by atoms with E-state index >= 15 is 0 Å². The average molecular weight is 425 g/mol. The Bertz CT molecular complexity index is 882. The molecule has 0 amide bonds. The zero-order chi connectivity index (χ0) is 21.1. The van der Waals surface area contributed by atoms with E-state index in [-0.39, 0.29) is 11.8 Å². The van der Waals surface area contributed by atoms with Crippen LogP contribution in [-0.4, -0.2) is 41.2 Å². The van der Waals surface area contributed by atoms with Crippen LogP contribution in [0, 0.1) is 11.3 Å². The van der Waals surface area contributed by atoms with Crippen LogP contribution in [0.4, 0.5) is 13.2 Å². The highest BCUT2D eigenvalue weighted by molar-refractivity contribution is 8.27. The van der Waals surface area contributed by atoms with Crippen molar-refractivity contribution in [1.29, 1.82) is 5.26 Å². The molecule has 9 heteroatoms. The van der Waals surface area contributed by atoms with Gasteiger partial charge in [-0.2, -0.15) is 5.26 Å². The van der Waals surface area contributed by atoms with Crippen molar-refractivity contribution in [2.45, 2.75) is 30.3 Å². The minimum atomic E-state index is -4.69. The number of hydrogen-bond acceptors (Lipinski definition) is 5. The van der Waals surface area contributed by atoms with E-state index in [0.717, 1.165) is 18.5 Å². The second-order valence-corrected chi connectivity index (χ2v) is 9.50. The van der Waals surface area contributed by atoms with Gasteiger partial charge < -0.3 is 9.29 Å². The summed E-state index contributed by atoms with van der Waals surface area (Å²) in [5, 5.41) is 9.05. The molecule has 0 bridgehead atoms. The molecule has 3 rings (SSSR count). The second kappa shape index (κ2) is 8.63. The molecular weight excluding hydrogens is 403 g/mol. The number of nitrogens with zero attached hydrogens (tertiary/aromatic N) is 2. The van der Waals surface area contributed by atoms with Gasteiger partial charge in [0.25, 0.3) is 0 Å². The highest BCUT2D eigenvalue weighted by Crippen LogP contribution is 2.45. The predicted molar refractivity (Wildman–Crippen MR) is 106 cm³/mol. The number of alkyl halides is 3. The Hall–Kier alpha value is -2.25. The molecule has 1 saturated heterocycles. The summed E-state index contributed by atoms with van der Waals surface area (Å²) in [5.41, 5.74) is 1.39. The molecule has 1 heterocycles. The molecule has 2 atom stereocenters. The molecule has 2 aromatic rings. The number of hydrogen-bond donors (Lipinski definition) is 2. The van der Waals surface area contributed by atoms with Crippen molar-refractivity contribution in [3.63, 3.8) is 0 Å². The second-order valence-electron chi connectivity index (χ2n) is 7.05. The molecule has 1 aliphatic heterocycles. The van der Waals surface area contributed by atoms with Gasteiger partial charge in [-0.1, -0.05) is 28.7 Å². The lowest BCUT2D eigenvalue weighted by Crippen LogP contribution is -2.34. The Morgan fingerprint density at radius 1 is 1.28 bits per heavy atom. The van der Waals surface area contributed by atoms with Gasteiger partial charge in [-0.3, -0.25) is 9.62 Å². The first kappa shape index (κ1) is 21.5. The number of likely N-dealkylation sites (tertiary alicyclic amines) is 1. The third kappa shape index (κ3) is 6.11. The van der Waals surface area contributed by atoms with E-state index in [2.05, 4.69) is 20.4 Å². The Balaban J connectivity index is 1.55. The van der Waals surface area contributed by atoms with Crippen molar-refractivity contribution in [1.82, 2.24) is 9.62 Å². The molecule has 0 aliphatic carbocycles. The predicted octanol–water partition coefficient (Wildman–Crippen LogP) is 4.50. The van der Waals surface area contributed by atoms with Crippen molar-refractivity contribution in [3.05, 3.63) is 59.7 Å². The van der Waals surface area contributed by atoms with Gasteiger partial charge in [0.2, 0.25) is 0 Å². The van der Waals surface area contributed by atoms with Crippen LogP contribution < -0.4 is 9.46 Å². The first-order valence-electron chi connectivity index (χ1n) is 9.00. The van der Waals surface area contributed by atoms with E-state index in [4.69, 9.17) is 5.26 Å². The Labute approximate surface area is 169 Å². The lowest BCUT2D eigenvalue weighted by molar-refractivity contribution is -0.274. The summed E-state index contributed by atoms with van der Waals surface area (Å²) in [5.74, 6) is -0.235. The number of benzene rings is 2. The van der Waals surface area contributed by atoms with Gasteiger partial charge in [0.15, 0.2) is 0 Å². The first-order chi connectivity index (χ1) is 13.6. The van der Waals surface area contributed by atoms with E-state index in [1.165, 1.54) is 12.1 Å². The first-order valence-corrected chi connectivity index (χ1v) is 11.0. The van der Waals surface area contributed by atoms with Crippen LogP contribution in [0.5, 0.6) is 5.75 Å². The van der Waals surface area contributed by atoms with Gasteiger partial charge in [0.1, 0.15) is 5.75 Å². The summed E-state index contributed by atoms with van der Waals surface area (Å²) in [6, 6.07) is 15.0. The Morgan fingerprint density at radius 3 is 2.66 bits per heavy atom. The third-order valence-corrected chi connectivity index (χ3v) is 6.62. The van der Waals surface area contributed by atoms with E-state index in [1.807, 2.05) is 0 Å². The fraction of sp³-hybridized carbons (Fsp3) is 0.350. The van der Waals surface area contributed by atoms with Crippen LogP contribution in [0.15, 0.2) is 53.4 Å². The molecule has 2 unspecified atom stereocenters. The number of rotatable bonds is 6. The smallest absolute Gasteiger partial charge is 0.406 e. The van der Waals surface area contributed by atoms with Crippen molar-refractivity contribution in [2.75, 3.05) is 19.3 Å². The fourth-order valence-electron chi connectivity index (χ4n) is 3.33. The van der Waals surface area contributed by atoms with Gasteiger partial charge in [0.05, 0.1) is 11.6 Å². The standard InChI is InChI=1S/C20H22F3N3O2S/c1-29(27,19-4-2-3-16(11-19)12-24)25-17-9-10-26(14-17)13-15-5-7-18(8-6-15)28-20(21,22)23/h2-8,11,17,25,27H,9-10,13-14H2,1H3. The molecule has 2 aromatic carbocycles. The molecule has 5 nitrogen and oxygen atoms in total. The van der Waals surface area contributed by atoms with Crippen molar-refractivity contribution in [2.24, 2.45) is 0 Å². The normalized spacial score (nSPS) is 20.6. The van der Waals surface area contributed by atoms with Crippen LogP contribution in [0.2, 0.25) is 0 Å². The minimum absolute atomic E-state index is 0.0820. The van der Waals surface area contributed by atoms with Crippen LogP contribution in [0.25, 0.3) is 0 Å². The van der Waals surface area contributed by atoms with Gasteiger partial charge in [-0.15, -0.1) is 13.2 Å². The maximum Gasteiger partial charge on any atom is 0.573 e. The molecule has 1 fully saturated rings. The number of halogens is 3. The summed E-state index contributed by atoms with van der Waals surface area (Å²) < 4.78 is 54.8. The minimum Gasteiger partial charge on any atom is -0.406 e. The quantitative estimate of drug-likeness (QED) is 0.713. The highest BCUT2D eigenvalue weighted by atomic mass is 32.3. The van der Waals surface area contributed by atoms with Gasteiger partial charge in [-0.25, -0.2) is 0 Å². The summed E-state index contributed by atoms with van der Waals surface area (Å²) in [6.07, 6.45) is -2.11. The third-order valence-electron chi connectivity index (χ3n) is 4.65. The summed E-state index contributed by atoms with van der Waals surface area (Å²) >= 11 is 0. The average Bonchev–Trinajstić information content (AvgIpc) is 3.08. The molecule has 0 spiro atoms. The molecule has 0 aromatic heterocycles. The van der Waals surface area contributed by atoms with Crippen molar-refractivity contribution >= 4 is 10.5 Å². The van der Waals surface area contributed by atoms with Crippen molar-refractivity contribution in [3.8, 4) is 11.8 Å². The van der Waals surface area contributed by atoms with Gasteiger partial charge in [0, 0.05) is 36.8 Å². The molecule has 1 aliphatic rings. The molecule has 29 heavy (non-hydrogen) atoms. The lowest BCUT2D eigenvalue weighted by atomic mass is 10.2. The zero-order valence-electron chi connectivity index (χ0n) is 15.8. The molecule has 156 valence electrons. The van der Waals surface area contributed by atoms with Crippen LogP contribution in [0.3, 0.4) is 0 Å². The molecule has 2 N–H and O–H groups in total. The monoisotopic (exact) mass is 425 g/mol. The highest BCUT2D eigenvalue weighted by Gasteiger charge is 2.31. The van der Waals surface area contributed by atoms with Crippen LogP contribution in [-0.2, 0) is 6.54 Å². The topological polar surface area (TPSA) is 68.5 Å². The maximum absolute atomic E-state index is 12.2. The van der Waals surface area contributed by atoms with E-state index < -0.39 is 16.9 Å². The van der Waals surface area contributed by atoms with Crippen LogP contribution in [0.1, 0.15) is 17.5 Å². The maximum atomic E-state index is 12.2. The molecule has 0 radical (unpaired) electrons. The summed E-state index contributed by atoms with van der Waals surface area (Å²) in [6.45, 7) is 2.12. The number of nitriles is 1. The zero-order valence-corrected chi connectivity index (χ0v) is 16.6. The Kier molecular flexibility index (Phi) is 6.39. The fourth-order valence-corrected chi connectivity index (χ4v) is 5.01.